The number of halogens is 6. The van der Waals surface area contributed by atoms with Crippen molar-refractivity contribution in [1.29, 1.82) is 0 Å². The Balaban J connectivity index is 2.88. The van der Waals surface area contributed by atoms with Crippen LogP contribution in [0.5, 0.6) is 0 Å². The van der Waals surface area contributed by atoms with E-state index in [0.29, 0.717) is 6.42 Å². The summed E-state index contributed by atoms with van der Waals surface area (Å²) in [6, 6.07) is 0. The molecule has 1 fully saturated rings. The van der Waals surface area contributed by atoms with Crippen LogP contribution in [0.3, 0.4) is 0 Å². The van der Waals surface area contributed by atoms with Crippen LogP contribution in [0.2, 0.25) is 0 Å². The van der Waals surface area contributed by atoms with Crippen molar-refractivity contribution in [2.24, 2.45) is 11.3 Å². The number of Topliss-reactive ketones (excluding diaryl/α,β-unsaturated/α-hetero) is 2. The van der Waals surface area contributed by atoms with E-state index in [1.165, 1.54) is 6.92 Å². The lowest BCUT2D eigenvalue weighted by molar-refractivity contribution is -0.228. The third-order valence-corrected chi connectivity index (χ3v) is 4.54. The molecule has 0 heterocycles. The van der Waals surface area contributed by atoms with Crippen molar-refractivity contribution in [3.63, 3.8) is 0 Å². The molecule has 1 atom stereocenters. The Morgan fingerprint density at radius 1 is 1.00 bits per heavy atom. The summed E-state index contributed by atoms with van der Waals surface area (Å²) in [4.78, 5) is 24.0. The molecule has 0 bridgehead atoms. The molecular weight excluding hydrogens is 326 g/mol. The van der Waals surface area contributed by atoms with Gasteiger partial charge >= 0.3 is 12.4 Å². The third-order valence-electron chi connectivity index (χ3n) is 4.54. The van der Waals surface area contributed by atoms with E-state index in [1.54, 1.807) is 0 Å². The van der Waals surface area contributed by atoms with E-state index in [0.717, 1.165) is 0 Å². The lowest BCUT2D eigenvalue weighted by Gasteiger charge is -2.37. The van der Waals surface area contributed by atoms with Gasteiger partial charge in [0.25, 0.3) is 0 Å². The molecule has 0 aromatic heterocycles. The fourth-order valence-electron chi connectivity index (χ4n) is 3.11. The van der Waals surface area contributed by atoms with Gasteiger partial charge in [-0.1, -0.05) is 26.2 Å². The number of carbonyl (C=O) groups is 2. The van der Waals surface area contributed by atoms with Crippen LogP contribution in [-0.4, -0.2) is 23.9 Å². The van der Waals surface area contributed by atoms with Gasteiger partial charge in [0.05, 0.1) is 12.8 Å². The first-order valence-corrected chi connectivity index (χ1v) is 7.62. The van der Waals surface area contributed by atoms with Crippen LogP contribution in [0.4, 0.5) is 26.3 Å². The molecule has 2 nitrogen and oxygen atoms in total. The van der Waals surface area contributed by atoms with E-state index in [1.807, 2.05) is 0 Å². The summed E-state index contributed by atoms with van der Waals surface area (Å²) in [5, 5.41) is 0. The summed E-state index contributed by atoms with van der Waals surface area (Å²) in [5.41, 5.74) is -2.57. The first-order chi connectivity index (χ1) is 10.4. The standard InChI is InChI=1S/C15H20F6O2/c1-2-10(9-14(16,17)18)11(22)8-12(23)13(15(19,20)21)6-4-3-5-7-13/h10H,2-9H2,1H3. The minimum Gasteiger partial charge on any atom is -0.299 e. The summed E-state index contributed by atoms with van der Waals surface area (Å²) >= 11 is 0. The second kappa shape index (κ2) is 7.21. The molecule has 1 rings (SSSR count). The molecule has 8 heteroatoms. The Bertz CT molecular complexity index is 432. The summed E-state index contributed by atoms with van der Waals surface area (Å²) < 4.78 is 77.2. The van der Waals surface area contributed by atoms with E-state index >= 15 is 0 Å². The molecule has 0 N–H and O–H groups in total. The smallest absolute Gasteiger partial charge is 0.299 e. The number of ketones is 2. The van der Waals surface area contributed by atoms with Crippen LogP contribution < -0.4 is 0 Å². The zero-order valence-corrected chi connectivity index (χ0v) is 12.8. The van der Waals surface area contributed by atoms with Crippen LogP contribution in [-0.2, 0) is 9.59 Å². The van der Waals surface area contributed by atoms with Crippen LogP contribution in [0.15, 0.2) is 0 Å². The van der Waals surface area contributed by atoms with E-state index in [-0.39, 0.29) is 19.3 Å². The van der Waals surface area contributed by atoms with Gasteiger partial charge in [-0.3, -0.25) is 9.59 Å². The van der Waals surface area contributed by atoms with E-state index < -0.39 is 60.9 Å². The molecule has 23 heavy (non-hydrogen) atoms. The zero-order chi connectivity index (χ0) is 17.9. The first-order valence-electron chi connectivity index (χ1n) is 7.62. The van der Waals surface area contributed by atoms with Gasteiger partial charge in [0, 0.05) is 5.92 Å². The van der Waals surface area contributed by atoms with Crippen molar-refractivity contribution >= 4 is 11.6 Å². The molecular formula is C15H20F6O2. The topological polar surface area (TPSA) is 34.1 Å². The van der Waals surface area contributed by atoms with Crippen LogP contribution in [0.1, 0.15) is 58.3 Å². The van der Waals surface area contributed by atoms with E-state index in [4.69, 9.17) is 0 Å². The molecule has 1 aliphatic carbocycles. The quantitative estimate of drug-likeness (QED) is 0.501. The van der Waals surface area contributed by atoms with Crippen LogP contribution >= 0.6 is 0 Å². The highest BCUT2D eigenvalue weighted by molar-refractivity contribution is 6.03. The van der Waals surface area contributed by atoms with Gasteiger partial charge in [0.2, 0.25) is 0 Å². The largest absolute Gasteiger partial charge is 0.401 e. The number of rotatable bonds is 6. The van der Waals surface area contributed by atoms with Crippen molar-refractivity contribution in [3.8, 4) is 0 Å². The maximum atomic E-state index is 13.3. The Hall–Kier alpha value is -1.08. The van der Waals surface area contributed by atoms with Crippen molar-refractivity contribution < 1.29 is 35.9 Å². The summed E-state index contributed by atoms with van der Waals surface area (Å²) in [7, 11) is 0. The number of hydrogen-bond acceptors (Lipinski definition) is 2. The monoisotopic (exact) mass is 346 g/mol. The molecule has 0 amide bonds. The lowest BCUT2D eigenvalue weighted by Crippen LogP contribution is -2.47. The summed E-state index contributed by atoms with van der Waals surface area (Å²) in [6.07, 6.45) is -11.8. The normalized spacial score (nSPS) is 20.1. The number of carbonyl (C=O) groups excluding carboxylic acids is 2. The molecule has 0 spiro atoms. The molecule has 1 aliphatic rings. The van der Waals surface area contributed by atoms with Gasteiger partial charge in [-0.05, 0) is 19.3 Å². The second-order valence-electron chi connectivity index (χ2n) is 6.13. The number of hydrogen-bond donors (Lipinski definition) is 0. The molecule has 0 aliphatic heterocycles. The lowest BCUT2D eigenvalue weighted by atomic mass is 9.69. The summed E-state index contributed by atoms with van der Waals surface area (Å²) in [5.74, 6) is -3.80. The van der Waals surface area contributed by atoms with Crippen molar-refractivity contribution in [3.05, 3.63) is 0 Å². The fraction of sp³-hybridized carbons (Fsp3) is 0.867. The molecule has 0 saturated heterocycles. The Morgan fingerprint density at radius 2 is 1.52 bits per heavy atom. The van der Waals surface area contributed by atoms with Gasteiger partial charge in [-0.25, -0.2) is 0 Å². The predicted molar refractivity (Wildman–Crippen MR) is 70.7 cm³/mol. The molecule has 0 radical (unpaired) electrons. The average Bonchev–Trinajstić information content (AvgIpc) is 2.43. The van der Waals surface area contributed by atoms with E-state index in [2.05, 4.69) is 0 Å². The zero-order valence-electron chi connectivity index (χ0n) is 12.8. The highest BCUT2D eigenvalue weighted by Crippen LogP contribution is 2.50. The van der Waals surface area contributed by atoms with Crippen LogP contribution in [0.25, 0.3) is 0 Å². The van der Waals surface area contributed by atoms with Crippen molar-refractivity contribution in [2.75, 3.05) is 0 Å². The van der Waals surface area contributed by atoms with E-state index in [9.17, 15) is 35.9 Å². The minimum absolute atomic E-state index is 0.162. The van der Waals surface area contributed by atoms with Crippen molar-refractivity contribution in [2.45, 2.75) is 70.6 Å². The Kier molecular flexibility index (Phi) is 6.26. The maximum Gasteiger partial charge on any atom is 0.401 e. The van der Waals surface area contributed by atoms with Crippen molar-refractivity contribution in [1.82, 2.24) is 0 Å². The minimum atomic E-state index is -4.78. The van der Waals surface area contributed by atoms with Gasteiger partial charge in [0.15, 0.2) is 5.78 Å². The Labute approximate surface area is 130 Å². The molecule has 1 saturated carbocycles. The molecule has 1 unspecified atom stereocenters. The highest BCUT2D eigenvalue weighted by Gasteiger charge is 2.59. The Morgan fingerprint density at radius 3 is 1.91 bits per heavy atom. The third kappa shape index (κ3) is 4.94. The first kappa shape index (κ1) is 20.0. The predicted octanol–water partition coefficient (Wildman–Crippen LogP) is 5.01. The van der Waals surface area contributed by atoms with Gasteiger partial charge in [-0.2, -0.15) is 26.3 Å². The number of alkyl halides is 6. The van der Waals surface area contributed by atoms with Gasteiger partial charge in [0.1, 0.15) is 11.2 Å². The van der Waals surface area contributed by atoms with Gasteiger partial charge in [-0.15, -0.1) is 0 Å². The molecule has 0 aromatic rings. The second-order valence-corrected chi connectivity index (χ2v) is 6.13. The SMILES string of the molecule is CCC(CC(F)(F)F)C(=O)CC(=O)C1(C(F)(F)F)CCCCC1. The molecule has 0 aromatic carbocycles. The molecule has 134 valence electrons. The highest BCUT2D eigenvalue weighted by atomic mass is 19.4. The fourth-order valence-corrected chi connectivity index (χ4v) is 3.11. The van der Waals surface area contributed by atoms with Gasteiger partial charge < -0.3 is 0 Å². The average molecular weight is 346 g/mol. The summed E-state index contributed by atoms with van der Waals surface area (Å²) in [6.45, 7) is 1.35. The maximum absolute atomic E-state index is 13.3. The van der Waals surface area contributed by atoms with Crippen LogP contribution in [0, 0.1) is 11.3 Å².